The number of anilines is 1. The third-order valence-electron chi connectivity index (χ3n) is 4.34. The van der Waals surface area contributed by atoms with Gasteiger partial charge in [-0.2, -0.15) is 13.2 Å². The molecule has 28 heavy (non-hydrogen) atoms. The first-order valence-electron chi connectivity index (χ1n) is 8.73. The zero-order valence-electron chi connectivity index (χ0n) is 14.7. The first-order chi connectivity index (χ1) is 13.5. The Balaban J connectivity index is 1.80. The van der Waals surface area contributed by atoms with Gasteiger partial charge in [0.2, 0.25) is 0 Å². The Hall–Kier alpha value is -3.41. The number of hydrogen-bond donors (Lipinski definition) is 1. The van der Waals surface area contributed by atoms with Gasteiger partial charge in [-0.05, 0) is 23.8 Å². The lowest BCUT2D eigenvalue weighted by Gasteiger charge is -2.13. The van der Waals surface area contributed by atoms with E-state index < -0.39 is 11.7 Å². The first-order valence-corrected chi connectivity index (χ1v) is 8.73. The van der Waals surface area contributed by atoms with Crippen LogP contribution in [0.15, 0.2) is 78.9 Å². The lowest BCUT2D eigenvalue weighted by Crippen LogP contribution is -2.07. The fourth-order valence-corrected chi connectivity index (χ4v) is 2.93. The molecule has 4 aromatic rings. The number of alkyl halides is 3. The predicted octanol–water partition coefficient (Wildman–Crippen LogP) is 5.93. The van der Waals surface area contributed by atoms with Gasteiger partial charge in [-0.3, -0.25) is 0 Å². The summed E-state index contributed by atoms with van der Waals surface area (Å²) in [6.07, 6.45) is -4.42. The molecule has 3 nitrogen and oxygen atoms in total. The van der Waals surface area contributed by atoms with E-state index in [2.05, 4.69) is 15.3 Å². The maximum atomic E-state index is 13.1. The van der Waals surface area contributed by atoms with E-state index in [1.165, 1.54) is 6.07 Å². The molecule has 0 spiro atoms. The summed E-state index contributed by atoms with van der Waals surface area (Å²) in [5, 5.41) is 3.27. The lowest BCUT2D eigenvalue weighted by atomic mass is 10.1. The van der Waals surface area contributed by atoms with E-state index in [1.807, 2.05) is 60.7 Å². The van der Waals surface area contributed by atoms with Crippen molar-refractivity contribution in [3.05, 3.63) is 90.0 Å². The van der Waals surface area contributed by atoms with Crippen molar-refractivity contribution in [2.45, 2.75) is 12.7 Å². The van der Waals surface area contributed by atoms with E-state index in [-0.39, 0.29) is 5.52 Å². The highest BCUT2D eigenvalue weighted by atomic mass is 19.4. The number of nitrogens with zero attached hydrogens (tertiary/aromatic N) is 2. The molecule has 1 heterocycles. The smallest absolute Gasteiger partial charge is 0.364 e. The Labute approximate surface area is 159 Å². The Bertz CT molecular complexity index is 1090. The van der Waals surface area contributed by atoms with Crippen molar-refractivity contribution in [1.82, 2.24) is 9.97 Å². The summed E-state index contributed by atoms with van der Waals surface area (Å²) in [6.45, 7) is 0.529. The van der Waals surface area contributed by atoms with Crippen LogP contribution >= 0.6 is 0 Å². The van der Waals surface area contributed by atoms with Gasteiger partial charge in [-0.25, -0.2) is 9.97 Å². The molecule has 3 aromatic carbocycles. The highest BCUT2D eigenvalue weighted by molar-refractivity contribution is 5.83. The number of halogens is 3. The van der Waals surface area contributed by atoms with Gasteiger partial charge in [0.05, 0.1) is 16.6 Å². The standard InChI is InChI=1S/C22H16F3N3/c23-22(24,25)17-11-12-18-19(13-17)27-20(16-9-5-2-6-10-16)21(28-18)26-14-15-7-3-1-4-8-15/h1-13H,14H2,(H,26,28). The molecule has 0 bridgehead atoms. The van der Waals surface area contributed by atoms with Crippen molar-refractivity contribution in [1.29, 1.82) is 0 Å². The molecule has 0 fully saturated rings. The van der Waals surface area contributed by atoms with Crippen LogP contribution in [0.1, 0.15) is 11.1 Å². The van der Waals surface area contributed by atoms with Crippen molar-refractivity contribution in [3.63, 3.8) is 0 Å². The van der Waals surface area contributed by atoms with Crippen LogP contribution in [0.2, 0.25) is 0 Å². The van der Waals surface area contributed by atoms with Crippen molar-refractivity contribution >= 4 is 16.9 Å². The topological polar surface area (TPSA) is 37.8 Å². The molecule has 0 amide bonds. The molecular weight excluding hydrogens is 363 g/mol. The lowest BCUT2D eigenvalue weighted by molar-refractivity contribution is -0.137. The van der Waals surface area contributed by atoms with Crippen LogP contribution in [0.5, 0.6) is 0 Å². The zero-order chi connectivity index (χ0) is 19.6. The van der Waals surface area contributed by atoms with Gasteiger partial charge >= 0.3 is 6.18 Å². The van der Waals surface area contributed by atoms with Crippen LogP contribution in [0.4, 0.5) is 19.0 Å². The van der Waals surface area contributed by atoms with E-state index in [0.717, 1.165) is 23.3 Å². The predicted molar refractivity (Wildman–Crippen MR) is 104 cm³/mol. The molecule has 4 rings (SSSR count). The van der Waals surface area contributed by atoms with Gasteiger partial charge in [0, 0.05) is 12.1 Å². The monoisotopic (exact) mass is 379 g/mol. The molecule has 0 saturated heterocycles. The minimum absolute atomic E-state index is 0.207. The maximum absolute atomic E-state index is 13.1. The van der Waals surface area contributed by atoms with Crippen molar-refractivity contribution < 1.29 is 13.2 Å². The average Bonchev–Trinajstić information content (AvgIpc) is 2.72. The molecule has 1 N–H and O–H groups in total. The van der Waals surface area contributed by atoms with Gasteiger partial charge in [0.25, 0.3) is 0 Å². The van der Waals surface area contributed by atoms with Gasteiger partial charge in [0.15, 0.2) is 5.82 Å². The van der Waals surface area contributed by atoms with Gasteiger partial charge in [-0.15, -0.1) is 0 Å². The second kappa shape index (κ2) is 7.31. The highest BCUT2D eigenvalue weighted by Gasteiger charge is 2.30. The molecular formula is C22H16F3N3. The summed E-state index contributed by atoms with van der Waals surface area (Å²) in [6, 6.07) is 22.5. The van der Waals surface area contributed by atoms with Crippen molar-refractivity contribution in [2.24, 2.45) is 0 Å². The molecule has 6 heteroatoms. The van der Waals surface area contributed by atoms with E-state index >= 15 is 0 Å². The zero-order valence-corrected chi connectivity index (χ0v) is 14.7. The highest BCUT2D eigenvalue weighted by Crippen LogP contribution is 2.33. The van der Waals surface area contributed by atoms with Crippen LogP contribution in [0, 0.1) is 0 Å². The molecule has 0 aliphatic rings. The van der Waals surface area contributed by atoms with Crippen LogP contribution in [0.3, 0.4) is 0 Å². The van der Waals surface area contributed by atoms with Gasteiger partial charge < -0.3 is 5.32 Å². The number of fused-ring (bicyclic) bond motifs is 1. The number of nitrogens with one attached hydrogen (secondary N) is 1. The van der Waals surface area contributed by atoms with Crippen LogP contribution < -0.4 is 5.32 Å². The molecule has 1 aromatic heterocycles. The number of hydrogen-bond acceptors (Lipinski definition) is 3. The fourth-order valence-electron chi connectivity index (χ4n) is 2.93. The summed E-state index contributed by atoms with van der Waals surface area (Å²) in [5.41, 5.74) is 2.24. The van der Waals surface area contributed by atoms with Crippen molar-refractivity contribution in [3.8, 4) is 11.3 Å². The molecule has 0 atom stereocenters. The summed E-state index contributed by atoms with van der Waals surface area (Å²) in [7, 11) is 0. The van der Waals surface area contributed by atoms with Crippen molar-refractivity contribution in [2.75, 3.05) is 5.32 Å². The van der Waals surface area contributed by atoms with Gasteiger partial charge in [-0.1, -0.05) is 60.7 Å². The Morgan fingerprint density at radius 2 is 1.43 bits per heavy atom. The number of rotatable bonds is 4. The second-order valence-electron chi connectivity index (χ2n) is 6.33. The molecule has 0 unspecified atom stereocenters. The molecule has 0 saturated carbocycles. The largest absolute Gasteiger partial charge is 0.416 e. The van der Waals surface area contributed by atoms with E-state index in [1.54, 1.807) is 0 Å². The summed E-state index contributed by atoms with van der Waals surface area (Å²) < 4.78 is 39.2. The van der Waals surface area contributed by atoms with E-state index in [9.17, 15) is 13.2 Å². The molecule has 140 valence electrons. The minimum Gasteiger partial charge on any atom is -0.364 e. The molecule has 0 radical (unpaired) electrons. The van der Waals surface area contributed by atoms with E-state index in [0.29, 0.717) is 23.6 Å². The average molecular weight is 379 g/mol. The quantitative estimate of drug-likeness (QED) is 0.478. The van der Waals surface area contributed by atoms with Crippen LogP contribution in [-0.4, -0.2) is 9.97 Å². The molecule has 0 aliphatic heterocycles. The van der Waals surface area contributed by atoms with E-state index in [4.69, 9.17) is 0 Å². The Morgan fingerprint density at radius 3 is 2.11 bits per heavy atom. The van der Waals surface area contributed by atoms with Crippen LogP contribution in [0.25, 0.3) is 22.3 Å². The normalized spacial score (nSPS) is 11.5. The SMILES string of the molecule is FC(F)(F)c1ccc2nc(NCc3ccccc3)c(-c3ccccc3)nc2c1. The summed E-state index contributed by atoms with van der Waals surface area (Å²) in [4.78, 5) is 9.06. The number of benzene rings is 3. The first kappa shape index (κ1) is 18.0. The van der Waals surface area contributed by atoms with Crippen LogP contribution in [-0.2, 0) is 12.7 Å². The molecule has 0 aliphatic carbocycles. The maximum Gasteiger partial charge on any atom is 0.416 e. The fraction of sp³-hybridized carbons (Fsp3) is 0.0909. The minimum atomic E-state index is -4.42. The number of aromatic nitrogens is 2. The summed E-state index contributed by atoms with van der Waals surface area (Å²) in [5.74, 6) is 0.530. The third-order valence-corrected chi connectivity index (χ3v) is 4.34. The van der Waals surface area contributed by atoms with Gasteiger partial charge in [0.1, 0.15) is 5.69 Å². The summed E-state index contributed by atoms with van der Waals surface area (Å²) >= 11 is 0. The Kier molecular flexibility index (Phi) is 4.69. The third kappa shape index (κ3) is 3.81. The Morgan fingerprint density at radius 1 is 0.750 bits per heavy atom. The second-order valence-corrected chi connectivity index (χ2v) is 6.33.